The first-order valence-electron chi connectivity index (χ1n) is 13.1. The van der Waals surface area contributed by atoms with Crippen molar-refractivity contribution in [1.29, 1.82) is 0 Å². The molecule has 2 aliphatic rings. The number of nitrogens with one attached hydrogen (secondary N) is 2. The number of imidazole rings is 2. The Hall–Kier alpha value is -3.89. The van der Waals surface area contributed by atoms with Crippen molar-refractivity contribution in [3.05, 3.63) is 61.1 Å². The van der Waals surface area contributed by atoms with Crippen LogP contribution in [0.5, 0.6) is 0 Å². The van der Waals surface area contributed by atoms with E-state index in [2.05, 4.69) is 19.9 Å². The van der Waals surface area contributed by atoms with E-state index in [1.807, 2.05) is 35.2 Å². The molecule has 2 saturated heterocycles. The molecule has 5 aromatic rings. The van der Waals surface area contributed by atoms with E-state index in [1.54, 1.807) is 47.9 Å². The van der Waals surface area contributed by atoms with E-state index in [4.69, 9.17) is 18.4 Å². The molecule has 0 bridgehead atoms. The number of hydrogen-bond acceptors (Lipinski definition) is 10. The molecule has 214 valence electrons. The van der Waals surface area contributed by atoms with E-state index < -0.39 is 53.1 Å². The maximum atomic E-state index is 12.7. The molecule has 1 aromatic carbocycles. The Labute approximate surface area is 233 Å². The molecule has 2 aliphatic heterocycles. The molecule has 6 heterocycles. The standard InChI is InChI=1S/C26H27N7O7S/c1-26(2)39-21-18(12-37-41(35,36)31-19(34)8-7-15-11-28-17-6-4-3-5-16(15)17)38-25(22(21)40-26)33-14-29-20-23-27-9-10-32(23)13-30-24(20)33/h3-6,9-11,13-14,18,21-22,25,28H,7-8,12H2,1-2H3,(H,31,34)/t18-,21?,22?,25-/m1/s1. The molecule has 14 nitrogen and oxygen atoms in total. The Morgan fingerprint density at radius 3 is 2.83 bits per heavy atom. The van der Waals surface area contributed by atoms with Crippen molar-refractivity contribution >= 4 is 43.9 Å². The molecule has 15 heteroatoms. The maximum Gasteiger partial charge on any atom is 0.362 e. The van der Waals surface area contributed by atoms with Gasteiger partial charge in [-0.3, -0.25) is 17.9 Å². The molecule has 7 rings (SSSR count). The third-order valence-corrected chi connectivity index (χ3v) is 8.20. The number of ether oxygens (including phenoxy) is 3. The van der Waals surface area contributed by atoms with Crippen LogP contribution in [-0.2, 0) is 39.9 Å². The van der Waals surface area contributed by atoms with Gasteiger partial charge in [0.25, 0.3) is 0 Å². The van der Waals surface area contributed by atoms with Gasteiger partial charge < -0.3 is 19.2 Å². The summed E-state index contributed by atoms with van der Waals surface area (Å²) in [6, 6.07) is 7.69. The Balaban J connectivity index is 1.03. The molecule has 4 atom stereocenters. The van der Waals surface area contributed by atoms with Gasteiger partial charge in [-0.15, -0.1) is 0 Å². The Kier molecular flexibility index (Phi) is 6.09. The number of H-pyrrole nitrogens is 1. The Morgan fingerprint density at radius 2 is 1.95 bits per heavy atom. The van der Waals surface area contributed by atoms with E-state index in [9.17, 15) is 13.2 Å². The predicted molar refractivity (Wildman–Crippen MR) is 144 cm³/mol. The maximum absolute atomic E-state index is 12.7. The Bertz CT molecular complexity index is 1880. The van der Waals surface area contributed by atoms with Crippen LogP contribution in [0, 0.1) is 0 Å². The van der Waals surface area contributed by atoms with Gasteiger partial charge >= 0.3 is 10.3 Å². The molecule has 0 radical (unpaired) electrons. The Morgan fingerprint density at radius 1 is 1.12 bits per heavy atom. The van der Waals surface area contributed by atoms with E-state index >= 15 is 0 Å². The summed E-state index contributed by atoms with van der Waals surface area (Å²) in [5.74, 6) is -1.62. The van der Waals surface area contributed by atoms with E-state index in [-0.39, 0.29) is 6.42 Å². The highest BCUT2D eigenvalue weighted by atomic mass is 32.2. The van der Waals surface area contributed by atoms with Crippen LogP contribution in [0.1, 0.15) is 32.1 Å². The number of aryl methyl sites for hydroxylation is 1. The topological polar surface area (TPSA) is 164 Å². The molecule has 2 N–H and O–H groups in total. The van der Waals surface area contributed by atoms with Crippen LogP contribution in [0.2, 0.25) is 0 Å². The fourth-order valence-corrected chi connectivity index (χ4v) is 6.27. The van der Waals surface area contributed by atoms with Gasteiger partial charge in [-0.2, -0.15) is 8.42 Å². The van der Waals surface area contributed by atoms with Gasteiger partial charge in [0, 0.05) is 35.9 Å². The van der Waals surface area contributed by atoms with Gasteiger partial charge in [-0.05, 0) is 31.9 Å². The summed E-state index contributed by atoms with van der Waals surface area (Å²) in [7, 11) is -4.41. The van der Waals surface area contributed by atoms with Gasteiger partial charge in [0.2, 0.25) is 5.91 Å². The highest BCUT2D eigenvalue weighted by Crippen LogP contribution is 2.44. The van der Waals surface area contributed by atoms with Crippen LogP contribution in [0.4, 0.5) is 0 Å². The monoisotopic (exact) mass is 581 g/mol. The number of rotatable bonds is 8. The molecule has 0 saturated carbocycles. The summed E-state index contributed by atoms with van der Waals surface area (Å²) in [5, 5.41) is 0.985. The zero-order chi connectivity index (χ0) is 28.4. The lowest BCUT2D eigenvalue weighted by atomic mass is 10.1. The number of hydrogen-bond donors (Lipinski definition) is 2. The second kappa shape index (κ2) is 9.60. The molecule has 0 spiro atoms. The lowest BCUT2D eigenvalue weighted by Crippen LogP contribution is -2.37. The fourth-order valence-electron chi connectivity index (χ4n) is 5.51. The molecule has 41 heavy (non-hydrogen) atoms. The molecular formula is C26H27N7O7S. The predicted octanol–water partition coefficient (Wildman–Crippen LogP) is 1.99. The fraction of sp³-hybridized carbons (Fsp3) is 0.385. The zero-order valence-electron chi connectivity index (χ0n) is 22.1. The number of amides is 1. The van der Waals surface area contributed by atoms with Crippen LogP contribution in [0.3, 0.4) is 0 Å². The summed E-state index contributed by atoms with van der Waals surface area (Å²) < 4.78 is 54.3. The van der Waals surface area contributed by atoms with Crippen molar-refractivity contribution in [2.75, 3.05) is 6.61 Å². The average Bonchev–Trinajstić information content (AvgIpc) is 3.73. The van der Waals surface area contributed by atoms with Crippen LogP contribution in [0.15, 0.2) is 55.5 Å². The van der Waals surface area contributed by atoms with Crippen molar-refractivity contribution in [1.82, 2.24) is 33.6 Å². The van der Waals surface area contributed by atoms with Crippen LogP contribution in [-0.4, -0.2) is 73.9 Å². The molecule has 1 amide bonds. The molecule has 2 unspecified atom stereocenters. The zero-order valence-corrected chi connectivity index (χ0v) is 22.9. The van der Waals surface area contributed by atoms with Gasteiger partial charge in [-0.25, -0.2) is 19.7 Å². The average molecular weight is 582 g/mol. The number of aromatic nitrogens is 6. The minimum Gasteiger partial charge on any atom is -0.361 e. The summed E-state index contributed by atoms with van der Waals surface area (Å²) in [5.41, 5.74) is 3.61. The van der Waals surface area contributed by atoms with Gasteiger partial charge in [0.15, 0.2) is 28.8 Å². The van der Waals surface area contributed by atoms with Gasteiger partial charge in [0.05, 0.1) is 12.9 Å². The first kappa shape index (κ1) is 26.0. The lowest BCUT2D eigenvalue weighted by molar-refractivity contribution is -0.198. The quantitative estimate of drug-likeness (QED) is 0.277. The first-order valence-corrected chi connectivity index (χ1v) is 14.5. The molecular weight excluding hydrogens is 554 g/mol. The highest BCUT2D eigenvalue weighted by Gasteiger charge is 2.56. The number of carbonyl (C=O) groups is 1. The number of nitrogens with zero attached hydrogens (tertiary/aromatic N) is 5. The smallest absolute Gasteiger partial charge is 0.361 e. The minimum atomic E-state index is -4.41. The molecule has 2 fully saturated rings. The van der Waals surface area contributed by atoms with E-state index in [0.29, 0.717) is 23.2 Å². The number of aromatic amines is 1. The third kappa shape index (κ3) is 4.74. The van der Waals surface area contributed by atoms with Crippen molar-refractivity contribution in [3.8, 4) is 0 Å². The van der Waals surface area contributed by atoms with Crippen molar-refractivity contribution in [2.24, 2.45) is 0 Å². The van der Waals surface area contributed by atoms with Gasteiger partial charge in [-0.1, -0.05) is 18.2 Å². The molecule has 0 aliphatic carbocycles. The summed E-state index contributed by atoms with van der Waals surface area (Å²) >= 11 is 0. The van der Waals surface area contributed by atoms with E-state index in [0.717, 1.165) is 16.5 Å². The van der Waals surface area contributed by atoms with Crippen molar-refractivity contribution in [2.45, 2.75) is 57.0 Å². The first-order chi connectivity index (χ1) is 19.7. The molecule has 4 aromatic heterocycles. The second-order valence-corrected chi connectivity index (χ2v) is 11.8. The van der Waals surface area contributed by atoms with Crippen LogP contribution >= 0.6 is 0 Å². The lowest BCUT2D eigenvalue weighted by Gasteiger charge is -2.24. The van der Waals surface area contributed by atoms with Gasteiger partial charge in [0.1, 0.15) is 24.6 Å². The van der Waals surface area contributed by atoms with Crippen molar-refractivity contribution < 1.29 is 31.6 Å². The van der Waals surface area contributed by atoms with Crippen molar-refractivity contribution in [3.63, 3.8) is 0 Å². The summed E-state index contributed by atoms with van der Waals surface area (Å²) in [6.45, 7) is 3.14. The van der Waals surface area contributed by atoms with Crippen LogP contribution in [0.25, 0.3) is 27.7 Å². The SMILES string of the molecule is CC1(C)OC2C(O1)[C@@H](COS(=O)(=O)NC(=O)CCc1c[nH]c3ccccc13)O[C@H]2n1cnc2c1ncn1ccnc21. The number of carbonyl (C=O) groups excluding carboxylic acids is 1. The second-order valence-electron chi connectivity index (χ2n) is 10.5. The highest BCUT2D eigenvalue weighted by molar-refractivity contribution is 7.85. The number of para-hydroxylation sites is 1. The summed E-state index contributed by atoms with van der Waals surface area (Å²) in [4.78, 5) is 28.9. The normalized spacial score (nSPS) is 24.0. The minimum absolute atomic E-state index is 0.0349. The number of fused-ring (bicyclic) bond motifs is 5. The number of benzene rings is 1. The largest absolute Gasteiger partial charge is 0.362 e. The summed E-state index contributed by atoms with van der Waals surface area (Å²) in [6.07, 6.45) is 5.99. The van der Waals surface area contributed by atoms with E-state index in [1.165, 1.54) is 0 Å². The van der Waals surface area contributed by atoms with Crippen LogP contribution < -0.4 is 4.72 Å². The third-order valence-electron chi connectivity index (χ3n) is 7.27.